The molecular weight excluding hydrogens is 369 g/mol. The van der Waals surface area contributed by atoms with Crippen LogP contribution in [0.15, 0.2) is 50.7 Å². The van der Waals surface area contributed by atoms with Gasteiger partial charge in [0.15, 0.2) is 0 Å². The van der Waals surface area contributed by atoms with Gasteiger partial charge in [-0.05, 0) is 0 Å². The average Bonchev–Trinajstić information content (AvgIpc) is 3.08. The molecule has 0 fully saturated rings. The number of rotatable bonds is 6. The quantitative estimate of drug-likeness (QED) is 0.491. The number of halogens is 2. The van der Waals surface area contributed by atoms with Crippen molar-refractivity contribution >= 4 is 14.0 Å². The second kappa shape index (κ2) is 9.95. The van der Waals surface area contributed by atoms with Crippen LogP contribution in [0.2, 0.25) is 0 Å². The molecule has 3 rings (SSSR count). The van der Waals surface area contributed by atoms with Gasteiger partial charge in [-0.3, -0.25) is 0 Å². The molecule has 4 heteroatoms. The Labute approximate surface area is 161 Å². The Kier molecular flexibility index (Phi) is 8.95. The van der Waals surface area contributed by atoms with Crippen molar-refractivity contribution in [3.8, 4) is 0 Å². The van der Waals surface area contributed by atoms with Gasteiger partial charge in [-0.25, -0.2) is 0 Å². The van der Waals surface area contributed by atoms with Gasteiger partial charge < -0.3 is 9.41 Å². The molecule has 0 N–H and O–H groups in total. The van der Waals surface area contributed by atoms with Crippen molar-refractivity contribution in [2.24, 2.45) is 0 Å². The molecule has 0 nitrogen and oxygen atoms in total. The summed E-state index contributed by atoms with van der Waals surface area (Å²) in [6.45, 7) is 9.49. The van der Waals surface area contributed by atoms with E-state index in [4.69, 9.17) is 0 Å². The van der Waals surface area contributed by atoms with Crippen molar-refractivity contribution in [3.05, 3.63) is 61.8 Å². The first kappa shape index (κ1) is 22.5. The fraction of sp³-hybridized carbons (Fsp3) is 0.429. The van der Waals surface area contributed by atoms with Crippen LogP contribution in [-0.4, -0.2) is 13.3 Å². The Bertz CT molecular complexity index is 689. The maximum absolute atomic E-state index is 2.51. The van der Waals surface area contributed by atoms with E-state index >= 15 is 0 Å². The molecule has 0 bridgehead atoms. The summed E-state index contributed by atoms with van der Waals surface area (Å²) in [5.74, 6) is 0. The van der Waals surface area contributed by atoms with Crippen molar-refractivity contribution in [1.29, 1.82) is 0 Å². The van der Waals surface area contributed by atoms with E-state index in [1.54, 1.807) is 22.0 Å². The molecule has 0 saturated carbocycles. The zero-order chi connectivity index (χ0) is 16.4. The van der Waals surface area contributed by atoms with Crippen LogP contribution in [0.3, 0.4) is 0 Å². The summed E-state index contributed by atoms with van der Waals surface area (Å²) in [4.78, 5) is 0. The monoisotopic (exact) mass is 396 g/mol. The molecule has 1 aromatic rings. The summed E-state index contributed by atoms with van der Waals surface area (Å²) in [5.41, 5.74) is 6.41. The number of allylic oxidation sites excluding steroid dienone is 5. The first-order chi connectivity index (χ1) is 11.1. The van der Waals surface area contributed by atoms with Crippen LogP contribution < -0.4 is 9.41 Å². The molecule has 0 aliphatic heterocycles. The Morgan fingerprint density at radius 2 is 1.88 bits per heavy atom. The predicted octanol–water partition coefficient (Wildman–Crippen LogP) is 0.709. The van der Waals surface area contributed by atoms with Crippen molar-refractivity contribution < 1.29 is 28.6 Å². The third-order valence-electron chi connectivity index (χ3n) is 4.97. The topological polar surface area (TPSA) is 0 Å². The molecule has 0 aromatic heterocycles. The normalized spacial score (nSPS) is 18.2. The summed E-state index contributed by atoms with van der Waals surface area (Å²) in [7, 11) is 0.00900. The smallest absolute Gasteiger partial charge is 1.00 e. The molecular formula is C21H27F2PTi. The standard InChI is InChI=1S/C11H12P.C10H15.2FH.Ti/c1-12(2)11-7-9-5-3-4-6-10(9)8-11;1-3-4-7-10-8-5-6-9(10)2;;;/h3-8H,1-2H3;6H,3-5,7H2,1-2H3;2*1H;/q;;;;+2/p-2. The Morgan fingerprint density at radius 1 is 1.16 bits per heavy atom. The van der Waals surface area contributed by atoms with Crippen LogP contribution in [0.1, 0.15) is 54.9 Å². The second-order valence-electron chi connectivity index (χ2n) is 6.82. The number of hydrogen-bond acceptors (Lipinski definition) is 0. The molecule has 134 valence electrons. The largest absolute Gasteiger partial charge is 1.00 e. The van der Waals surface area contributed by atoms with Crippen molar-refractivity contribution in [2.45, 2.75) is 43.8 Å². The zero-order valence-electron chi connectivity index (χ0n) is 15.6. The van der Waals surface area contributed by atoms with E-state index in [0.29, 0.717) is 0 Å². The number of unbranched alkanes of at least 4 members (excludes halogenated alkanes) is 1. The molecule has 1 unspecified atom stereocenters. The first-order valence-electron chi connectivity index (χ1n) is 8.75. The maximum atomic E-state index is 2.51. The van der Waals surface area contributed by atoms with Gasteiger partial charge in [0.05, 0.1) is 0 Å². The van der Waals surface area contributed by atoms with Gasteiger partial charge in [-0.15, -0.1) is 0 Å². The minimum atomic E-state index is -0.117. The number of hydrogen-bond donors (Lipinski definition) is 0. The Balaban J connectivity index is 0.00000156. The molecule has 0 spiro atoms. The molecule has 0 saturated heterocycles. The van der Waals surface area contributed by atoms with Gasteiger partial charge in [0.1, 0.15) is 0 Å². The van der Waals surface area contributed by atoms with Gasteiger partial charge in [-0.2, -0.15) is 0 Å². The maximum Gasteiger partial charge on any atom is -1.00 e. The van der Waals surface area contributed by atoms with Gasteiger partial charge in [-0.1, -0.05) is 0 Å². The van der Waals surface area contributed by atoms with E-state index in [1.165, 1.54) is 31.2 Å². The zero-order valence-corrected chi connectivity index (χ0v) is 18.0. The summed E-state index contributed by atoms with van der Waals surface area (Å²) >= 11 is -0.117. The summed E-state index contributed by atoms with van der Waals surface area (Å²) in [5, 5.41) is 1.74. The molecule has 2 aliphatic rings. The van der Waals surface area contributed by atoms with Gasteiger partial charge >= 0.3 is 152 Å². The average molecular weight is 396 g/mol. The molecule has 0 heterocycles. The second-order valence-corrected chi connectivity index (χ2v) is 11.4. The minimum Gasteiger partial charge on any atom is -1.00 e. The van der Waals surface area contributed by atoms with Gasteiger partial charge in [0.2, 0.25) is 0 Å². The number of benzene rings is 1. The van der Waals surface area contributed by atoms with Crippen molar-refractivity contribution in [3.63, 3.8) is 0 Å². The van der Waals surface area contributed by atoms with Gasteiger partial charge in [0, 0.05) is 0 Å². The van der Waals surface area contributed by atoms with Gasteiger partial charge in [0.25, 0.3) is 0 Å². The van der Waals surface area contributed by atoms with Crippen molar-refractivity contribution in [2.75, 3.05) is 13.3 Å². The van der Waals surface area contributed by atoms with E-state index < -0.39 is 0 Å². The number of fused-ring (bicyclic) bond motifs is 1. The van der Waals surface area contributed by atoms with E-state index in [2.05, 4.69) is 63.6 Å². The van der Waals surface area contributed by atoms with Crippen molar-refractivity contribution in [1.82, 2.24) is 0 Å². The van der Waals surface area contributed by atoms with E-state index in [1.807, 2.05) is 3.88 Å². The molecule has 1 atom stereocenters. The fourth-order valence-electron chi connectivity index (χ4n) is 3.61. The molecule has 0 amide bonds. The fourth-order valence-corrected chi connectivity index (χ4v) is 8.81. The molecule has 25 heavy (non-hydrogen) atoms. The van der Waals surface area contributed by atoms with E-state index in [9.17, 15) is 0 Å². The summed E-state index contributed by atoms with van der Waals surface area (Å²) in [6, 6.07) is 9.11. The van der Waals surface area contributed by atoms with Crippen LogP contribution in [0.4, 0.5) is 0 Å². The summed E-state index contributed by atoms with van der Waals surface area (Å²) in [6.07, 6.45) is 10.2. The molecule has 1 aromatic carbocycles. The van der Waals surface area contributed by atoms with E-state index in [-0.39, 0.29) is 36.5 Å². The van der Waals surface area contributed by atoms with E-state index in [0.717, 1.165) is 4.22 Å². The van der Waals surface area contributed by atoms with Crippen LogP contribution in [-0.2, 0) is 19.2 Å². The third-order valence-corrected chi connectivity index (χ3v) is 9.53. The first-order valence-corrected chi connectivity index (χ1v) is 12.7. The predicted molar refractivity (Wildman–Crippen MR) is 101 cm³/mol. The van der Waals surface area contributed by atoms with Crippen LogP contribution >= 0.6 is 7.92 Å². The SMILES string of the molecule is CCCCC1=[C]([Ti+2][CH]2C(P(C)C)=Cc3ccccc32)CC=C1C.[F-].[F-]. The van der Waals surface area contributed by atoms with Crippen LogP contribution in [0.25, 0.3) is 6.08 Å². The van der Waals surface area contributed by atoms with Crippen LogP contribution in [0.5, 0.6) is 0 Å². The molecule has 0 radical (unpaired) electrons. The third kappa shape index (κ3) is 4.79. The van der Waals surface area contributed by atoms with Crippen LogP contribution in [0, 0.1) is 0 Å². The Morgan fingerprint density at radius 3 is 2.56 bits per heavy atom. The Hall–Kier alpha value is -0.556. The summed E-state index contributed by atoms with van der Waals surface area (Å²) < 4.78 is 2.58. The minimum absolute atomic E-state index is 0. The molecule has 2 aliphatic carbocycles.